The quantitative estimate of drug-likeness (QED) is 0.140. The third-order valence-corrected chi connectivity index (χ3v) is 2.46. The van der Waals surface area contributed by atoms with E-state index in [2.05, 4.69) is 18.9 Å². The summed E-state index contributed by atoms with van der Waals surface area (Å²) in [5.41, 5.74) is 0. The Morgan fingerprint density at radius 2 is 0.774 bits per heavy atom. The van der Waals surface area contributed by atoms with Gasteiger partial charge in [-0.15, -0.1) is 0 Å². The summed E-state index contributed by atoms with van der Waals surface area (Å²) in [4.78, 5) is 65.1. The van der Waals surface area contributed by atoms with Gasteiger partial charge in [-0.1, -0.05) is 0 Å². The van der Waals surface area contributed by atoms with Gasteiger partial charge < -0.3 is 29.2 Å². The van der Waals surface area contributed by atoms with E-state index in [9.17, 15) is 28.8 Å². The van der Waals surface area contributed by atoms with Crippen LogP contribution in [0.3, 0.4) is 0 Å². The van der Waals surface area contributed by atoms with E-state index in [4.69, 9.17) is 10.2 Å². The molecule has 0 saturated carbocycles. The molecule has 0 aliphatic carbocycles. The second-order valence-electron chi connectivity index (χ2n) is 4.67. The second-order valence-corrected chi connectivity index (χ2v) is 4.67. The predicted molar refractivity (Wildman–Crippen MR) is 98.0 cm³/mol. The Morgan fingerprint density at radius 3 is 1.00 bits per heavy atom. The number of hydrogen-bond donors (Lipinski definition) is 2. The summed E-state index contributed by atoms with van der Waals surface area (Å²) < 4.78 is 17.5. The molecule has 0 unspecified atom stereocenters. The first kappa shape index (κ1) is 32.5. The fourth-order valence-electron chi connectivity index (χ4n) is 1.30. The first-order valence-electron chi connectivity index (χ1n) is 8.63. The van der Waals surface area contributed by atoms with E-state index in [1.54, 1.807) is 13.8 Å². The molecule has 0 aromatic carbocycles. The molecule has 0 aliphatic heterocycles. The van der Waals surface area contributed by atoms with Crippen LogP contribution in [-0.4, -0.2) is 72.1 Å². The molecule has 13 heteroatoms. The standard InChI is InChI=1S/2C9H12O6.Co/c2*1-3-14-8(12)6(10)5-7(11)9(13)15-4-2;/h2*5,10H,3-4H2,1-2H3;/b2*6-5-;. The largest absolute Gasteiger partial charge is 0.502 e. The predicted octanol–water partition coefficient (Wildman–Crippen LogP) is 0.245. The molecular formula is C18H24CoO12. The molecule has 0 aromatic heterocycles. The monoisotopic (exact) mass is 491 g/mol. The number of aliphatic hydroxyl groups is 2. The number of aliphatic hydroxyl groups excluding tert-OH is 2. The molecule has 1 radical (unpaired) electrons. The average Bonchev–Trinajstić information content (AvgIpc) is 2.68. The summed E-state index contributed by atoms with van der Waals surface area (Å²) in [5.74, 6) is -8.44. The zero-order valence-electron chi connectivity index (χ0n) is 17.3. The van der Waals surface area contributed by atoms with Gasteiger partial charge in [-0.25, -0.2) is 19.2 Å². The molecule has 12 nitrogen and oxygen atoms in total. The van der Waals surface area contributed by atoms with Crippen molar-refractivity contribution in [2.75, 3.05) is 26.4 Å². The van der Waals surface area contributed by atoms with Gasteiger partial charge in [0, 0.05) is 28.9 Å². The third-order valence-electron chi connectivity index (χ3n) is 2.46. The molecule has 177 valence electrons. The Bertz CT molecular complexity index is 648. The fourth-order valence-corrected chi connectivity index (χ4v) is 1.30. The fraction of sp³-hybridized carbons (Fsp3) is 0.444. The summed E-state index contributed by atoms with van der Waals surface area (Å²) >= 11 is 0. The maximum absolute atomic E-state index is 10.9. The molecule has 2 N–H and O–H groups in total. The van der Waals surface area contributed by atoms with Crippen LogP contribution in [0.1, 0.15) is 27.7 Å². The number of rotatable bonds is 10. The Labute approximate surface area is 188 Å². The van der Waals surface area contributed by atoms with Crippen LogP contribution in [0, 0.1) is 0 Å². The molecule has 31 heavy (non-hydrogen) atoms. The van der Waals surface area contributed by atoms with Crippen LogP contribution in [0.15, 0.2) is 23.7 Å². The minimum absolute atomic E-state index is 0. The van der Waals surface area contributed by atoms with Gasteiger partial charge in [0.25, 0.3) is 11.6 Å². The van der Waals surface area contributed by atoms with Crippen molar-refractivity contribution in [2.45, 2.75) is 27.7 Å². The van der Waals surface area contributed by atoms with Crippen LogP contribution in [0.5, 0.6) is 0 Å². The number of ether oxygens (including phenoxy) is 4. The number of ketones is 2. The summed E-state index contributed by atoms with van der Waals surface area (Å²) in [5, 5.41) is 18.0. The van der Waals surface area contributed by atoms with E-state index in [1.165, 1.54) is 13.8 Å². The van der Waals surface area contributed by atoms with Crippen molar-refractivity contribution in [3.8, 4) is 0 Å². The number of hydrogen-bond acceptors (Lipinski definition) is 12. The van der Waals surface area contributed by atoms with Crippen molar-refractivity contribution in [3.05, 3.63) is 23.7 Å². The van der Waals surface area contributed by atoms with Crippen molar-refractivity contribution < 1.29 is 74.7 Å². The maximum Gasteiger partial charge on any atom is 0.379 e. The Balaban J connectivity index is -0.000000490. The van der Waals surface area contributed by atoms with E-state index in [0.717, 1.165) is 0 Å². The van der Waals surface area contributed by atoms with Crippen molar-refractivity contribution in [1.29, 1.82) is 0 Å². The van der Waals surface area contributed by atoms with Gasteiger partial charge in [0.1, 0.15) is 0 Å². The first-order valence-corrected chi connectivity index (χ1v) is 8.63. The van der Waals surface area contributed by atoms with Crippen LogP contribution in [0.4, 0.5) is 0 Å². The molecule has 0 fully saturated rings. The van der Waals surface area contributed by atoms with Crippen molar-refractivity contribution in [3.63, 3.8) is 0 Å². The molecule has 0 atom stereocenters. The van der Waals surface area contributed by atoms with Gasteiger partial charge in [-0.2, -0.15) is 0 Å². The molecule has 0 saturated heterocycles. The Kier molecular flexibility index (Phi) is 19.7. The van der Waals surface area contributed by atoms with Gasteiger partial charge in [0.2, 0.25) is 11.5 Å². The van der Waals surface area contributed by atoms with Crippen molar-refractivity contribution in [2.24, 2.45) is 0 Å². The maximum atomic E-state index is 10.9. The molecule has 0 spiro atoms. The van der Waals surface area contributed by atoms with Crippen LogP contribution in [0.25, 0.3) is 0 Å². The smallest absolute Gasteiger partial charge is 0.379 e. The number of carbonyl (C=O) groups excluding carboxylic acids is 6. The van der Waals surface area contributed by atoms with Crippen LogP contribution >= 0.6 is 0 Å². The van der Waals surface area contributed by atoms with E-state index in [-0.39, 0.29) is 43.2 Å². The van der Waals surface area contributed by atoms with Gasteiger partial charge in [0.15, 0.2) is 0 Å². The SMILES string of the molecule is CCOC(=O)C(=O)/C=C(\O)C(=O)OCC.CCOC(=O)C(=O)/C=C(\O)C(=O)OCC.[Co]. The van der Waals surface area contributed by atoms with Gasteiger partial charge in [-0.05, 0) is 27.7 Å². The number of esters is 4. The summed E-state index contributed by atoms with van der Waals surface area (Å²) in [6, 6.07) is 0. The van der Waals surface area contributed by atoms with Gasteiger partial charge >= 0.3 is 23.9 Å². The summed E-state index contributed by atoms with van der Waals surface area (Å²) in [6.45, 7) is 6.34. The molecule has 0 aromatic rings. The minimum atomic E-state index is -1.13. The van der Waals surface area contributed by atoms with E-state index >= 15 is 0 Å². The number of carbonyl (C=O) groups is 6. The molecule has 0 heterocycles. The Morgan fingerprint density at radius 1 is 0.548 bits per heavy atom. The van der Waals surface area contributed by atoms with E-state index in [0.29, 0.717) is 12.2 Å². The van der Waals surface area contributed by atoms with Crippen LogP contribution in [-0.2, 0) is 64.5 Å². The molecular weight excluding hydrogens is 467 g/mol. The van der Waals surface area contributed by atoms with E-state index in [1.807, 2.05) is 0 Å². The van der Waals surface area contributed by atoms with E-state index < -0.39 is 47.0 Å². The zero-order valence-corrected chi connectivity index (χ0v) is 18.3. The Hall–Kier alpha value is -3.19. The zero-order chi connectivity index (χ0) is 23.7. The molecule has 0 aliphatic rings. The third kappa shape index (κ3) is 15.3. The van der Waals surface area contributed by atoms with Crippen LogP contribution in [0.2, 0.25) is 0 Å². The van der Waals surface area contributed by atoms with Crippen molar-refractivity contribution in [1.82, 2.24) is 0 Å². The summed E-state index contributed by atoms with van der Waals surface area (Å²) in [7, 11) is 0. The first-order chi connectivity index (χ1) is 14.0. The minimum Gasteiger partial charge on any atom is -0.502 e. The second kappa shape index (κ2) is 18.8. The molecule has 0 bridgehead atoms. The van der Waals surface area contributed by atoms with Gasteiger partial charge in [0.05, 0.1) is 26.4 Å². The molecule has 0 rings (SSSR count). The van der Waals surface area contributed by atoms with Gasteiger partial charge in [-0.3, -0.25) is 9.59 Å². The van der Waals surface area contributed by atoms with Crippen LogP contribution < -0.4 is 0 Å². The average molecular weight is 491 g/mol. The van der Waals surface area contributed by atoms with Crippen molar-refractivity contribution >= 4 is 35.4 Å². The normalized spacial score (nSPS) is 10.3. The summed E-state index contributed by atoms with van der Waals surface area (Å²) in [6.07, 6.45) is 0.936. The topological polar surface area (TPSA) is 180 Å². The molecule has 0 amide bonds.